The summed E-state index contributed by atoms with van der Waals surface area (Å²) >= 11 is 0. The predicted octanol–water partition coefficient (Wildman–Crippen LogP) is 1.26. The molecule has 0 fully saturated rings. The Kier molecular flexibility index (Phi) is 4.02. The predicted molar refractivity (Wildman–Crippen MR) is 54.7 cm³/mol. The molecule has 80 valence electrons. The molecule has 0 radical (unpaired) electrons. The van der Waals surface area contributed by atoms with Gasteiger partial charge in [-0.15, -0.1) is 0 Å². The normalized spacial score (nSPS) is 11.8. The van der Waals surface area contributed by atoms with E-state index in [9.17, 15) is 9.59 Å². The first kappa shape index (κ1) is 12.8. The molecule has 0 spiro atoms. The molecule has 4 nitrogen and oxygen atoms in total. The van der Waals surface area contributed by atoms with Crippen LogP contribution in [-0.4, -0.2) is 24.1 Å². The standard InChI is InChI=1S/C10H18N2O2/c1-9(2,3)8(14)11-6-10(4,5)12-7-13/h6H2,1-5H3,(H,11,14). The van der Waals surface area contributed by atoms with Gasteiger partial charge in [-0.1, -0.05) is 20.8 Å². The first-order valence-corrected chi connectivity index (χ1v) is 4.56. The minimum Gasteiger partial charge on any atom is -0.353 e. The van der Waals surface area contributed by atoms with Crippen molar-refractivity contribution in [1.82, 2.24) is 5.32 Å². The monoisotopic (exact) mass is 198 g/mol. The summed E-state index contributed by atoms with van der Waals surface area (Å²) in [7, 11) is 0. The average molecular weight is 198 g/mol. The average Bonchev–Trinajstić information content (AvgIpc) is 1.98. The second kappa shape index (κ2) is 4.38. The molecular weight excluding hydrogens is 180 g/mol. The van der Waals surface area contributed by atoms with E-state index < -0.39 is 11.0 Å². The summed E-state index contributed by atoms with van der Waals surface area (Å²) in [5.74, 6) is -0.0494. The lowest BCUT2D eigenvalue weighted by molar-refractivity contribution is -0.128. The van der Waals surface area contributed by atoms with Crippen LogP contribution in [0.5, 0.6) is 0 Å². The van der Waals surface area contributed by atoms with E-state index in [-0.39, 0.29) is 5.91 Å². The zero-order valence-corrected chi connectivity index (χ0v) is 9.47. The maximum Gasteiger partial charge on any atom is 0.235 e. The molecule has 0 aromatic carbocycles. The van der Waals surface area contributed by atoms with Crippen LogP contribution >= 0.6 is 0 Å². The van der Waals surface area contributed by atoms with Gasteiger partial charge in [0.25, 0.3) is 0 Å². The largest absolute Gasteiger partial charge is 0.353 e. The SMILES string of the molecule is CC(C)(CNC(=O)C(C)(C)C)N=C=O. The van der Waals surface area contributed by atoms with E-state index in [2.05, 4.69) is 10.3 Å². The number of hydrogen-bond acceptors (Lipinski definition) is 3. The van der Waals surface area contributed by atoms with Gasteiger partial charge in [0.05, 0.1) is 5.54 Å². The van der Waals surface area contributed by atoms with Crippen molar-refractivity contribution < 1.29 is 9.59 Å². The molecule has 0 saturated heterocycles. The molecule has 0 rings (SSSR count). The minimum absolute atomic E-state index is 0.0494. The molecule has 0 aliphatic rings. The van der Waals surface area contributed by atoms with Crippen LogP contribution < -0.4 is 5.32 Å². The van der Waals surface area contributed by atoms with E-state index in [0.29, 0.717) is 6.54 Å². The fourth-order valence-electron chi connectivity index (χ4n) is 0.725. The number of rotatable bonds is 3. The lowest BCUT2D eigenvalue weighted by Crippen LogP contribution is -2.42. The summed E-state index contributed by atoms with van der Waals surface area (Å²) < 4.78 is 0. The zero-order valence-electron chi connectivity index (χ0n) is 9.47. The van der Waals surface area contributed by atoms with Gasteiger partial charge >= 0.3 is 0 Å². The van der Waals surface area contributed by atoms with Gasteiger partial charge < -0.3 is 5.32 Å². The smallest absolute Gasteiger partial charge is 0.235 e. The number of carbonyl (C=O) groups is 1. The van der Waals surface area contributed by atoms with Crippen LogP contribution in [0.2, 0.25) is 0 Å². The minimum atomic E-state index is -0.581. The molecule has 0 saturated carbocycles. The van der Waals surface area contributed by atoms with Gasteiger partial charge in [0.15, 0.2) is 0 Å². The Hall–Kier alpha value is -1.15. The summed E-state index contributed by atoms with van der Waals surface area (Å²) in [6.45, 7) is 9.37. The van der Waals surface area contributed by atoms with Crippen LogP contribution in [-0.2, 0) is 9.59 Å². The van der Waals surface area contributed by atoms with Gasteiger partial charge in [0.2, 0.25) is 12.0 Å². The van der Waals surface area contributed by atoms with Crippen molar-refractivity contribution in [1.29, 1.82) is 0 Å². The topological polar surface area (TPSA) is 58.5 Å². The molecule has 0 atom stereocenters. The highest BCUT2D eigenvalue weighted by Crippen LogP contribution is 2.13. The quantitative estimate of drug-likeness (QED) is 0.548. The summed E-state index contributed by atoms with van der Waals surface area (Å²) in [5, 5.41) is 2.74. The van der Waals surface area contributed by atoms with Crippen LogP contribution in [0.15, 0.2) is 4.99 Å². The molecule has 0 bridgehead atoms. The van der Waals surface area contributed by atoms with Crippen molar-refractivity contribution in [2.75, 3.05) is 6.54 Å². The number of nitrogens with zero attached hydrogens (tertiary/aromatic N) is 1. The maximum absolute atomic E-state index is 11.5. The molecule has 0 unspecified atom stereocenters. The van der Waals surface area contributed by atoms with Crippen LogP contribution in [0.25, 0.3) is 0 Å². The van der Waals surface area contributed by atoms with Crippen molar-refractivity contribution in [3.05, 3.63) is 0 Å². The number of carbonyl (C=O) groups excluding carboxylic acids is 2. The van der Waals surface area contributed by atoms with Crippen LogP contribution in [0.1, 0.15) is 34.6 Å². The fourth-order valence-corrected chi connectivity index (χ4v) is 0.725. The van der Waals surface area contributed by atoms with E-state index in [0.717, 1.165) is 0 Å². The molecule has 4 heteroatoms. The molecule has 0 aromatic heterocycles. The number of nitrogens with one attached hydrogen (secondary N) is 1. The highest BCUT2D eigenvalue weighted by Gasteiger charge is 2.24. The molecule has 0 heterocycles. The second-order valence-corrected chi connectivity index (χ2v) is 4.95. The van der Waals surface area contributed by atoms with E-state index in [1.807, 2.05) is 20.8 Å². The molecular formula is C10H18N2O2. The Bertz CT molecular complexity index is 258. The van der Waals surface area contributed by atoms with Crippen molar-refractivity contribution >= 4 is 12.0 Å². The van der Waals surface area contributed by atoms with Gasteiger partial charge in [-0.3, -0.25) is 4.79 Å². The third-order valence-electron chi connectivity index (χ3n) is 1.71. The van der Waals surface area contributed by atoms with Gasteiger partial charge in [0, 0.05) is 12.0 Å². The Balaban J connectivity index is 4.20. The van der Waals surface area contributed by atoms with Gasteiger partial charge in [-0.05, 0) is 13.8 Å². The molecule has 1 amide bonds. The van der Waals surface area contributed by atoms with Crippen LogP contribution in [0.4, 0.5) is 0 Å². The van der Waals surface area contributed by atoms with Gasteiger partial charge in [0.1, 0.15) is 0 Å². The van der Waals surface area contributed by atoms with Crippen molar-refractivity contribution in [2.24, 2.45) is 10.4 Å². The summed E-state index contributed by atoms with van der Waals surface area (Å²) in [4.78, 5) is 25.1. The van der Waals surface area contributed by atoms with Crippen molar-refractivity contribution in [2.45, 2.75) is 40.2 Å². The molecule has 0 aliphatic carbocycles. The highest BCUT2D eigenvalue weighted by molar-refractivity contribution is 5.81. The van der Waals surface area contributed by atoms with E-state index in [1.165, 1.54) is 6.08 Å². The summed E-state index contributed by atoms with van der Waals surface area (Å²) in [6, 6.07) is 0. The Morgan fingerprint density at radius 3 is 2.14 bits per heavy atom. The van der Waals surface area contributed by atoms with E-state index >= 15 is 0 Å². The summed E-state index contributed by atoms with van der Waals surface area (Å²) in [6.07, 6.45) is 1.49. The molecule has 14 heavy (non-hydrogen) atoms. The molecule has 1 N–H and O–H groups in total. The van der Waals surface area contributed by atoms with Crippen molar-refractivity contribution in [3.8, 4) is 0 Å². The van der Waals surface area contributed by atoms with E-state index in [1.54, 1.807) is 13.8 Å². The lowest BCUT2D eigenvalue weighted by Gasteiger charge is -2.22. The first-order valence-electron chi connectivity index (χ1n) is 4.56. The number of aliphatic imine (C=N–C) groups is 1. The summed E-state index contributed by atoms with van der Waals surface area (Å²) in [5.41, 5.74) is -0.996. The van der Waals surface area contributed by atoms with E-state index in [4.69, 9.17) is 0 Å². The number of isocyanates is 1. The van der Waals surface area contributed by atoms with Gasteiger partial charge in [-0.2, -0.15) is 4.99 Å². The lowest BCUT2D eigenvalue weighted by atomic mass is 9.95. The Labute approximate surface area is 84.8 Å². The third-order valence-corrected chi connectivity index (χ3v) is 1.71. The number of hydrogen-bond donors (Lipinski definition) is 1. The third kappa shape index (κ3) is 4.77. The maximum atomic E-state index is 11.5. The molecule has 0 aromatic rings. The van der Waals surface area contributed by atoms with Gasteiger partial charge in [-0.25, -0.2) is 4.79 Å². The van der Waals surface area contributed by atoms with Crippen molar-refractivity contribution in [3.63, 3.8) is 0 Å². The fraction of sp³-hybridized carbons (Fsp3) is 0.800. The first-order chi connectivity index (χ1) is 6.19. The second-order valence-electron chi connectivity index (χ2n) is 4.95. The number of amides is 1. The Morgan fingerprint density at radius 2 is 1.79 bits per heavy atom. The Morgan fingerprint density at radius 1 is 1.29 bits per heavy atom. The molecule has 0 aliphatic heterocycles. The highest BCUT2D eigenvalue weighted by atomic mass is 16.2. The van der Waals surface area contributed by atoms with Crippen LogP contribution in [0, 0.1) is 5.41 Å². The zero-order chi connectivity index (χ0) is 11.4. The van der Waals surface area contributed by atoms with Crippen LogP contribution in [0.3, 0.4) is 0 Å².